The number of rotatable bonds is 6. The number of ether oxygens (including phenoxy) is 3. The van der Waals surface area contributed by atoms with E-state index in [9.17, 15) is 27.2 Å². The van der Waals surface area contributed by atoms with Gasteiger partial charge in [0.05, 0.1) is 16.6 Å². The third kappa shape index (κ3) is 4.65. The van der Waals surface area contributed by atoms with Crippen molar-refractivity contribution in [2.24, 2.45) is 0 Å². The highest BCUT2D eigenvalue weighted by molar-refractivity contribution is 7.14. The highest BCUT2D eigenvalue weighted by atomic mass is 32.1. The number of hydrogen-bond acceptors (Lipinski definition) is 8. The molecular formula is C20H11F4N5O5S. The molecule has 35 heavy (non-hydrogen) atoms. The normalized spacial score (nSPS) is 13.7. The number of nitrogens with one attached hydrogen (secondary N) is 3. The lowest BCUT2D eigenvalue weighted by Gasteiger charge is -2.09. The number of fused-ring (bicyclic) bond motifs is 2. The molecule has 0 saturated carbocycles. The van der Waals surface area contributed by atoms with Crippen LogP contribution >= 0.6 is 11.3 Å². The van der Waals surface area contributed by atoms with Gasteiger partial charge in [0.25, 0.3) is 11.8 Å². The maximum absolute atomic E-state index is 13.2. The zero-order chi connectivity index (χ0) is 24.7. The molecule has 1 aliphatic rings. The van der Waals surface area contributed by atoms with Crippen LogP contribution in [0.2, 0.25) is 0 Å². The van der Waals surface area contributed by atoms with Gasteiger partial charge in [-0.3, -0.25) is 20.2 Å². The number of aromatic amines is 1. The number of benzene rings is 2. The van der Waals surface area contributed by atoms with Crippen LogP contribution in [0.3, 0.4) is 0 Å². The highest BCUT2D eigenvalue weighted by Crippen LogP contribution is 2.43. The standard InChI is InChI=1S/C20H11F4N5O5S/c21-17(22)32-12-4-2-1-3-8(12)15(30)29-19-27-11(7-35-19)16(31)28-18-25-9-5-13-14(6-10(9)26-18)34-20(23,24)33-13/h1-7,17H,(H,27,29,30)(H2,25,26,28,31). The number of alkyl halides is 4. The average molecular weight is 509 g/mol. The zero-order valence-corrected chi connectivity index (χ0v) is 17.8. The molecule has 4 aromatic rings. The number of H-pyrrole nitrogens is 1. The number of carbonyl (C=O) groups is 2. The first-order valence-electron chi connectivity index (χ1n) is 9.58. The van der Waals surface area contributed by atoms with Crippen LogP contribution in [-0.2, 0) is 0 Å². The lowest BCUT2D eigenvalue weighted by molar-refractivity contribution is -0.286. The van der Waals surface area contributed by atoms with Gasteiger partial charge in [0, 0.05) is 17.5 Å². The molecule has 5 rings (SSSR count). The zero-order valence-electron chi connectivity index (χ0n) is 17.0. The van der Waals surface area contributed by atoms with Gasteiger partial charge in [-0.25, -0.2) is 9.97 Å². The fourth-order valence-corrected chi connectivity index (χ4v) is 3.82. The van der Waals surface area contributed by atoms with Crippen LogP contribution < -0.4 is 24.8 Å². The van der Waals surface area contributed by atoms with Crippen molar-refractivity contribution in [3.05, 3.63) is 53.0 Å². The second-order valence-electron chi connectivity index (χ2n) is 6.89. The first-order valence-corrected chi connectivity index (χ1v) is 10.5. The smallest absolute Gasteiger partial charge is 0.434 e. The summed E-state index contributed by atoms with van der Waals surface area (Å²) in [5.41, 5.74) is 0.318. The summed E-state index contributed by atoms with van der Waals surface area (Å²) < 4.78 is 64.6. The molecular weight excluding hydrogens is 498 g/mol. The van der Waals surface area contributed by atoms with Crippen molar-refractivity contribution in [1.82, 2.24) is 15.0 Å². The summed E-state index contributed by atoms with van der Waals surface area (Å²) in [6, 6.07) is 7.89. The molecule has 0 spiro atoms. The van der Waals surface area contributed by atoms with E-state index in [-0.39, 0.29) is 45.1 Å². The minimum absolute atomic E-state index is 0.00269. The molecule has 1 aliphatic heterocycles. The number of anilines is 2. The van der Waals surface area contributed by atoms with E-state index in [2.05, 4.69) is 39.8 Å². The van der Waals surface area contributed by atoms with E-state index in [1.54, 1.807) is 0 Å². The van der Waals surface area contributed by atoms with Crippen LogP contribution in [0.5, 0.6) is 17.2 Å². The van der Waals surface area contributed by atoms with E-state index in [0.717, 1.165) is 11.3 Å². The number of halogens is 4. The van der Waals surface area contributed by atoms with Crippen molar-refractivity contribution >= 4 is 45.3 Å². The molecule has 0 unspecified atom stereocenters. The molecule has 2 aromatic carbocycles. The second kappa shape index (κ2) is 8.43. The quantitative estimate of drug-likeness (QED) is 0.328. The molecule has 3 N–H and O–H groups in total. The van der Waals surface area contributed by atoms with E-state index >= 15 is 0 Å². The average Bonchev–Trinajstić information content (AvgIpc) is 3.46. The number of para-hydroxylation sites is 1. The van der Waals surface area contributed by atoms with Crippen LogP contribution in [0.1, 0.15) is 20.8 Å². The van der Waals surface area contributed by atoms with Crippen molar-refractivity contribution in [1.29, 1.82) is 0 Å². The lowest BCUT2D eigenvalue weighted by atomic mass is 10.2. The Morgan fingerprint density at radius 2 is 1.80 bits per heavy atom. The third-order valence-electron chi connectivity index (χ3n) is 4.54. The van der Waals surface area contributed by atoms with Crippen molar-refractivity contribution in [3.8, 4) is 17.2 Å². The predicted molar refractivity (Wildman–Crippen MR) is 113 cm³/mol. The number of hydrogen-bond donors (Lipinski definition) is 3. The van der Waals surface area contributed by atoms with Crippen molar-refractivity contribution in [3.63, 3.8) is 0 Å². The molecule has 0 saturated heterocycles. The highest BCUT2D eigenvalue weighted by Gasteiger charge is 2.43. The Kier molecular flexibility index (Phi) is 5.39. The van der Waals surface area contributed by atoms with E-state index < -0.39 is 24.7 Å². The minimum atomic E-state index is -3.77. The number of thiazole rings is 1. The fourth-order valence-electron chi connectivity index (χ4n) is 3.14. The number of carbonyl (C=O) groups excluding carboxylic acids is 2. The lowest BCUT2D eigenvalue weighted by Crippen LogP contribution is -2.25. The monoisotopic (exact) mass is 509 g/mol. The van der Waals surface area contributed by atoms with Gasteiger partial charge in [0.1, 0.15) is 11.4 Å². The van der Waals surface area contributed by atoms with E-state index in [1.165, 1.54) is 41.8 Å². The molecule has 180 valence electrons. The maximum atomic E-state index is 13.2. The van der Waals surface area contributed by atoms with Crippen LogP contribution in [0.4, 0.5) is 28.6 Å². The van der Waals surface area contributed by atoms with Gasteiger partial charge >= 0.3 is 12.9 Å². The Bertz CT molecular complexity index is 1410. The van der Waals surface area contributed by atoms with E-state index in [0.29, 0.717) is 5.52 Å². The summed E-state index contributed by atoms with van der Waals surface area (Å²) in [5.74, 6) is -2.16. The Hall–Kier alpha value is -4.40. The van der Waals surface area contributed by atoms with Crippen molar-refractivity contribution in [2.75, 3.05) is 10.6 Å². The van der Waals surface area contributed by atoms with Gasteiger partial charge in [-0.1, -0.05) is 12.1 Å². The summed E-state index contributed by atoms with van der Waals surface area (Å²) in [6.07, 6.45) is -3.77. The van der Waals surface area contributed by atoms with Crippen LogP contribution in [0.15, 0.2) is 41.8 Å². The molecule has 0 radical (unpaired) electrons. The maximum Gasteiger partial charge on any atom is 0.586 e. The Morgan fingerprint density at radius 1 is 1.06 bits per heavy atom. The van der Waals surface area contributed by atoms with Crippen LogP contribution in [0, 0.1) is 0 Å². The Labute approximate surface area is 195 Å². The largest absolute Gasteiger partial charge is 0.586 e. The number of nitrogens with zero attached hydrogens (tertiary/aromatic N) is 2. The predicted octanol–water partition coefficient (Wildman–Crippen LogP) is 4.45. The number of aromatic nitrogens is 3. The molecule has 0 atom stereocenters. The SMILES string of the molecule is O=C(Nc1nc2cc3c(cc2[nH]1)OC(F)(F)O3)c1csc(NC(=O)c2ccccc2OC(F)F)n1. The van der Waals surface area contributed by atoms with Crippen molar-refractivity contribution in [2.45, 2.75) is 12.9 Å². The summed E-state index contributed by atoms with van der Waals surface area (Å²) in [6.45, 7) is -3.11. The molecule has 3 heterocycles. The third-order valence-corrected chi connectivity index (χ3v) is 5.30. The van der Waals surface area contributed by atoms with Gasteiger partial charge in [-0.05, 0) is 12.1 Å². The molecule has 15 heteroatoms. The second-order valence-corrected chi connectivity index (χ2v) is 7.75. The summed E-state index contributed by atoms with van der Waals surface area (Å²) in [5, 5.41) is 6.26. The van der Waals surface area contributed by atoms with Gasteiger partial charge < -0.3 is 19.2 Å². The van der Waals surface area contributed by atoms with Gasteiger partial charge in [0.15, 0.2) is 16.6 Å². The fraction of sp³-hybridized carbons (Fsp3) is 0.100. The van der Waals surface area contributed by atoms with E-state index in [1.807, 2.05) is 0 Å². The molecule has 10 nitrogen and oxygen atoms in total. The first-order chi connectivity index (χ1) is 16.7. The molecule has 0 fully saturated rings. The Morgan fingerprint density at radius 3 is 2.57 bits per heavy atom. The minimum Gasteiger partial charge on any atom is -0.434 e. The molecule has 2 aromatic heterocycles. The van der Waals surface area contributed by atoms with Crippen LogP contribution in [-0.4, -0.2) is 39.7 Å². The van der Waals surface area contributed by atoms with Gasteiger partial charge in [-0.2, -0.15) is 8.78 Å². The molecule has 2 amide bonds. The molecule has 0 aliphatic carbocycles. The summed E-state index contributed by atoms with van der Waals surface area (Å²) >= 11 is 0.923. The van der Waals surface area contributed by atoms with Gasteiger partial charge in [0.2, 0.25) is 5.95 Å². The first kappa shape index (κ1) is 22.4. The van der Waals surface area contributed by atoms with Crippen molar-refractivity contribution < 1.29 is 41.4 Å². The number of amides is 2. The Balaban J connectivity index is 1.27. The topological polar surface area (TPSA) is 127 Å². The van der Waals surface area contributed by atoms with Gasteiger partial charge in [-0.15, -0.1) is 20.1 Å². The summed E-state index contributed by atoms with van der Waals surface area (Å²) in [4.78, 5) is 35.8. The molecule has 0 bridgehead atoms. The van der Waals surface area contributed by atoms with Crippen LogP contribution in [0.25, 0.3) is 11.0 Å². The van der Waals surface area contributed by atoms with E-state index in [4.69, 9.17) is 0 Å². The number of imidazole rings is 1. The summed E-state index contributed by atoms with van der Waals surface area (Å²) in [7, 11) is 0.